The lowest BCUT2D eigenvalue weighted by Gasteiger charge is -2.04. The molecule has 0 amide bonds. The van der Waals surface area contributed by atoms with Crippen molar-refractivity contribution in [3.63, 3.8) is 0 Å². The van der Waals surface area contributed by atoms with E-state index in [1.165, 1.54) is 18.2 Å². The van der Waals surface area contributed by atoms with Gasteiger partial charge in [-0.3, -0.25) is 0 Å². The molecule has 0 fully saturated rings. The molecule has 0 radical (unpaired) electrons. The smallest absolute Gasteiger partial charge is 0.338 e. The third-order valence-electron chi connectivity index (χ3n) is 2.08. The molecule has 1 aromatic heterocycles. The summed E-state index contributed by atoms with van der Waals surface area (Å²) >= 11 is 12.6. The zero-order valence-corrected chi connectivity index (χ0v) is 11.2. The Morgan fingerprint density at radius 3 is 2.83 bits per heavy atom. The predicted molar refractivity (Wildman–Crippen MR) is 69.9 cm³/mol. The first-order chi connectivity index (χ1) is 8.58. The maximum atomic E-state index is 11.7. The summed E-state index contributed by atoms with van der Waals surface area (Å²) in [7, 11) is 0. The quantitative estimate of drug-likeness (QED) is 0.697. The van der Waals surface area contributed by atoms with Crippen LogP contribution in [0.5, 0.6) is 0 Å². The number of aromatic nitrogens is 2. The van der Waals surface area contributed by atoms with Crippen LogP contribution in [0.4, 0.5) is 5.69 Å². The molecule has 1 heterocycles. The van der Waals surface area contributed by atoms with Crippen LogP contribution in [0.3, 0.4) is 0 Å². The van der Waals surface area contributed by atoms with E-state index in [0.717, 1.165) is 11.5 Å². The molecule has 0 aliphatic heterocycles. The highest BCUT2D eigenvalue weighted by atomic mass is 35.5. The van der Waals surface area contributed by atoms with Gasteiger partial charge in [-0.15, -0.1) is 5.10 Å². The number of carbonyl (C=O) groups is 1. The highest BCUT2D eigenvalue weighted by molar-refractivity contribution is 7.10. The minimum absolute atomic E-state index is 0.0311. The Morgan fingerprint density at radius 1 is 1.44 bits per heavy atom. The maximum absolute atomic E-state index is 11.7. The van der Waals surface area contributed by atoms with Crippen LogP contribution in [-0.4, -0.2) is 15.6 Å². The third-order valence-corrected chi connectivity index (χ3v) is 3.41. The number of halogens is 2. The number of anilines is 1. The van der Waals surface area contributed by atoms with Crippen molar-refractivity contribution in [3.8, 4) is 0 Å². The van der Waals surface area contributed by atoms with Crippen molar-refractivity contribution in [2.45, 2.75) is 6.61 Å². The van der Waals surface area contributed by atoms with Crippen LogP contribution in [0.2, 0.25) is 9.36 Å². The van der Waals surface area contributed by atoms with Gasteiger partial charge in [-0.1, -0.05) is 27.7 Å². The zero-order chi connectivity index (χ0) is 13.1. The van der Waals surface area contributed by atoms with Crippen molar-refractivity contribution >= 4 is 46.4 Å². The molecule has 2 N–H and O–H groups in total. The number of ether oxygens (including phenoxy) is 1. The number of nitrogens with zero attached hydrogens (tertiary/aromatic N) is 2. The van der Waals surface area contributed by atoms with Gasteiger partial charge in [-0.05, 0) is 18.2 Å². The largest absolute Gasteiger partial charge is 0.455 e. The fraction of sp³-hybridized carbons (Fsp3) is 0.100. The lowest BCUT2D eigenvalue weighted by molar-refractivity contribution is 0.0468. The molecule has 2 aromatic rings. The van der Waals surface area contributed by atoms with E-state index < -0.39 is 5.97 Å². The van der Waals surface area contributed by atoms with Gasteiger partial charge in [0.2, 0.25) is 0 Å². The number of carbonyl (C=O) groups excluding carboxylic acids is 1. The van der Waals surface area contributed by atoms with Crippen molar-refractivity contribution in [2.24, 2.45) is 0 Å². The highest BCUT2D eigenvalue weighted by Gasteiger charge is 2.12. The molecule has 0 atom stereocenters. The molecule has 0 aliphatic carbocycles. The second-order valence-corrected chi connectivity index (χ2v) is 5.07. The summed E-state index contributed by atoms with van der Waals surface area (Å²) < 4.78 is 9.06. The Bertz CT molecular complexity index is 588. The van der Waals surface area contributed by atoms with Gasteiger partial charge in [0.05, 0.1) is 16.3 Å². The monoisotopic (exact) mass is 303 g/mol. The summed E-state index contributed by atoms with van der Waals surface area (Å²) in [6, 6.07) is 4.51. The van der Waals surface area contributed by atoms with Crippen LogP contribution in [-0.2, 0) is 11.3 Å². The summed E-state index contributed by atoms with van der Waals surface area (Å²) in [6.07, 6.45) is 0. The molecule has 1 aromatic carbocycles. The van der Waals surface area contributed by atoms with Crippen molar-refractivity contribution < 1.29 is 9.53 Å². The molecule has 0 saturated carbocycles. The molecular weight excluding hydrogens is 297 g/mol. The molecule has 0 bridgehead atoms. The number of benzene rings is 1. The third kappa shape index (κ3) is 2.90. The van der Waals surface area contributed by atoms with E-state index in [2.05, 4.69) is 9.59 Å². The van der Waals surface area contributed by atoms with Crippen molar-refractivity contribution in [1.82, 2.24) is 9.59 Å². The van der Waals surface area contributed by atoms with Crippen molar-refractivity contribution in [2.75, 3.05) is 5.73 Å². The molecule has 94 valence electrons. The summed E-state index contributed by atoms with van der Waals surface area (Å²) in [6.45, 7) is -0.0311. The Labute approximate surface area is 117 Å². The Kier molecular flexibility index (Phi) is 4.00. The highest BCUT2D eigenvalue weighted by Crippen LogP contribution is 2.21. The van der Waals surface area contributed by atoms with Gasteiger partial charge in [-0.25, -0.2) is 4.79 Å². The molecule has 0 aliphatic rings. The van der Waals surface area contributed by atoms with Gasteiger partial charge in [0, 0.05) is 11.5 Å². The molecule has 8 heteroatoms. The van der Waals surface area contributed by atoms with Gasteiger partial charge in [-0.2, -0.15) is 0 Å². The Morgan fingerprint density at radius 2 is 2.22 bits per heavy atom. The van der Waals surface area contributed by atoms with Crippen LogP contribution in [0.1, 0.15) is 16.1 Å². The number of nitrogen functional groups attached to an aromatic ring is 1. The molecule has 5 nitrogen and oxygen atoms in total. The van der Waals surface area contributed by atoms with E-state index in [1.807, 2.05) is 0 Å². The molecule has 0 spiro atoms. The topological polar surface area (TPSA) is 78.1 Å². The zero-order valence-electron chi connectivity index (χ0n) is 8.89. The van der Waals surface area contributed by atoms with Crippen LogP contribution >= 0.6 is 34.7 Å². The SMILES string of the molecule is Nc1cc(C(=O)OCc2nnsc2Cl)ccc1Cl. The average molecular weight is 304 g/mol. The van der Waals surface area contributed by atoms with Crippen LogP contribution in [0.25, 0.3) is 0 Å². The van der Waals surface area contributed by atoms with Gasteiger partial charge >= 0.3 is 5.97 Å². The van der Waals surface area contributed by atoms with Gasteiger partial charge in [0.25, 0.3) is 0 Å². The van der Waals surface area contributed by atoms with E-state index in [-0.39, 0.29) is 6.61 Å². The van der Waals surface area contributed by atoms with Crippen LogP contribution < -0.4 is 5.73 Å². The maximum Gasteiger partial charge on any atom is 0.338 e. The second-order valence-electron chi connectivity index (χ2n) is 3.31. The number of esters is 1. The summed E-state index contributed by atoms with van der Waals surface area (Å²) in [5.74, 6) is -0.526. The molecule has 0 unspecified atom stereocenters. The van der Waals surface area contributed by atoms with Gasteiger partial charge < -0.3 is 10.5 Å². The predicted octanol–water partition coefficient (Wildman–Crippen LogP) is 2.78. The van der Waals surface area contributed by atoms with E-state index in [4.69, 9.17) is 33.7 Å². The summed E-state index contributed by atoms with van der Waals surface area (Å²) in [4.78, 5) is 11.7. The molecule has 2 rings (SSSR count). The molecule has 18 heavy (non-hydrogen) atoms. The van der Waals surface area contributed by atoms with E-state index >= 15 is 0 Å². The lowest BCUT2D eigenvalue weighted by atomic mass is 10.2. The van der Waals surface area contributed by atoms with E-state index in [1.54, 1.807) is 0 Å². The van der Waals surface area contributed by atoms with Gasteiger partial charge in [0.15, 0.2) is 0 Å². The lowest BCUT2D eigenvalue weighted by Crippen LogP contribution is -2.06. The second kappa shape index (κ2) is 5.51. The fourth-order valence-corrected chi connectivity index (χ4v) is 1.89. The Balaban J connectivity index is 2.04. The number of hydrogen-bond acceptors (Lipinski definition) is 6. The minimum atomic E-state index is -0.526. The van der Waals surface area contributed by atoms with Gasteiger partial charge in [0.1, 0.15) is 16.6 Å². The van der Waals surface area contributed by atoms with Crippen LogP contribution in [0, 0.1) is 0 Å². The van der Waals surface area contributed by atoms with Crippen molar-refractivity contribution in [3.05, 3.63) is 38.8 Å². The number of rotatable bonds is 3. The van der Waals surface area contributed by atoms with E-state index in [9.17, 15) is 4.79 Å². The standard InChI is InChI=1S/C10H7Cl2N3O2S/c11-6-2-1-5(3-7(6)13)10(16)17-4-8-9(12)18-15-14-8/h1-3H,4,13H2. The normalized spacial score (nSPS) is 10.3. The molecule has 0 saturated heterocycles. The number of hydrogen-bond donors (Lipinski definition) is 1. The summed E-state index contributed by atoms with van der Waals surface area (Å²) in [5, 5.41) is 4.11. The van der Waals surface area contributed by atoms with Crippen molar-refractivity contribution in [1.29, 1.82) is 0 Å². The first-order valence-electron chi connectivity index (χ1n) is 4.77. The fourth-order valence-electron chi connectivity index (χ4n) is 1.17. The molecular formula is C10H7Cl2N3O2S. The Hall–Kier alpha value is -1.37. The van der Waals surface area contributed by atoms with Crippen LogP contribution in [0.15, 0.2) is 18.2 Å². The first kappa shape index (κ1) is 13.1. The average Bonchev–Trinajstić information content (AvgIpc) is 2.75. The summed E-state index contributed by atoms with van der Waals surface area (Å²) in [5.41, 5.74) is 6.65. The minimum Gasteiger partial charge on any atom is -0.455 e. The van der Waals surface area contributed by atoms with E-state index in [0.29, 0.717) is 26.3 Å². The number of nitrogens with two attached hydrogens (primary N) is 1. The first-order valence-corrected chi connectivity index (χ1v) is 6.29.